The van der Waals surface area contributed by atoms with Crippen LogP contribution in [0.5, 0.6) is 0 Å². The fraction of sp³-hybridized carbons (Fsp3) is 0.500. The third kappa shape index (κ3) is 3.03. The predicted molar refractivity (Wildman–Crippen MR) is 58.1 cm³/mol. The lowest BCUT2D eigenvalue weighted by Gasteiger charge is -2.09. The Bertz CT molecular complexity index is 333. The van der Waals surface area contributed by atoms with E-state index in [1.807, 2.05) is 0 Å². The van der Waals surface area contributed by atoms with E-state index in [2.05, 4.69) is 4.98 Å². The highest BCUT2D eigenvalue weighted by atomic mass is 16.5. The van der Waals surface area contributed by atoms with Gasteiger partial charge in [0.15, 0.2) is 0 Å². The van der Waals surface area contributed by atoms with Crippen LogP contribution in [0.3, 0.4) is 0 Å². The van der Waals surface area contributed by atoms with Crippen LogP contribution < -0.4 is 0 Å². The molecule has 1 aliphatic rings. The molecule has 1 atom stereocenters. The molecule has 0 aliphatic carbocycles. The number of aromatic nitrogens is 1. The van der Waals surface area contributed by atoms with E-state index in [1.165, 1.54) is 0 Å². The van der Waals surface area contributed by atoms with Crippen molar-refractivity contribution in [1.29, 1.82) is 0 Å². The van der Waals surface area contributed by atoms with Crippen LogP contribution in [0.1, 0.15) is 29.6 Å². The van der Waals surface area contributed by atoms with Crippen molar-refractivity contribution in [2.24, 2.45) is 0 Å². The summed E-state index contributed by atoms with van der Waals surface area (Å²) in [5.74, 6) is -0.291. The number of pyridine rings is 1. The summed E-state index contributed by atoms with van der Waals surface area (Å²) in [4.78, 5) is 15.4. The normalized spacial score (nSPS) is 19.6. The topological polar surface area (TPSA) is 48.4 Å². The molecule has 1 aliphatic heterocycles. The van der Waals surface area contributed by atoms with Crippen molar-refractivity contribution in [2.45, 2.75) is 25.4 Å². The van der Waals surface area contributed by atoms with Gasteiger partial charge >= 0.3 is 5.97 Å². The van der Waals surface area contributed by atoms with Gasteiger partial charge in [0.05, 0.1) is 18.3 Å². The van der Waals surface area contributed by atoms with Crippen LogP contribution in [0.15, 0.2) is 24.5 Å². The Labute approximate surface area is 94.6 Å². The Balaban J connectivity index is 1.71. The molecule has 4 heteroatoms. The zero-order valence-electron chi connectivity index (χ0n) is 9.09. The zero-order valence-corrected chi connectivity index (χ0v) is 9.09. The number of ether oxygens (including phenoxy) is 2. The summed E-state index contributed by atoms with van der Waals surface area (Å²) in [6.45, 7) is 1.26. The maximum Gasteiger partial charge on any atom is 0.338 e. The first-order valence-electron chi connectivity index (χ1n) is 5.55. The van der Waals surface area contributed by atoms with Gasteiger partial charge in [-0.2, -0.15) is 0 Å². The van der Waals surface area contributed by atoms with Gasteiger partial charge in [0.25, 0.3) is 0 Å². The Hall–Kier alpha value is -1.42. The van der Waals surface area contributed by atoms with Crippen molar-refractivity contribution in [1.82, 2.24) is 4.98 Å². The van der Waals surface area contributed by atoms with Crippen LogP contribution in [0.4, 0.5) is 0 Å². The average Bonchev–Trinajstić information content (AvgIpc) is 2.83. The Morgan fingerprint density at radius 2 is 2.31 bits per heavy atom. The molecular weight excluding hydrogens is 206 g/mol. The molecule has 0 spiro atoms. The Kier molecular flexibility index (Phi) is 3.88. The summed E-state index contributed by atoms with van der Waals surface area (Å²) in [5.41, 5.74) is 0.544. The summed E-state index contributed by atoms with van der Waals surface area (Å²) in [5, 5.41) is 0. The van der Waals surface area contributed by atoms with Crippen LogP contribution in [-0.4, -0.2) is 30.3 Å². The third-order valence-corrected chi connectivity index (χ3v) is 2.61. The summed E-state index contributed by atoms with van der Waals surface area (Å²) in [6, 6.07) is 3.29. The van der Waals surface area contributed by atoms with Crippen molar-refractivity contribution in [2.75, 3.05) is 13.2 Å². The van der Waals surface area contributed by atoms with Gasteiger partial charge in [-0.25, -0.2) is 4.79 Å². The van der Waals surface area contributed by atoms with Gasteiger partial charge < -0.3 is 9.47 Å². The molecule has 86 valence electrons. The predicted octanol–water partition coefficient (Wildman–Crippen LogP) is 1.81. The van der Waals surface area contributed by atoms with Gasteiger partial charge in [-0.15, -0.1) is 0 Å². The second-order valence-electron chi connectivity index (χ2n) is 3.80. The molecule has 0 radical (unpaired) electrons. The molecule has 0 bridgehead atoms. The largest absolute Gasteiger partial charge is 0.462 e. The number of nitrogens with zero attached hydrogens (tertiary/aromatic N) is 1. The summed E-state index contributed by atoms with van der Waals surface area (Å²) in [6.07, 6.45) is 6.41. The highest BCUT2D eigenvalue weighted by Gasteiger charge is 2.16. The quantitative estimate of drug-likeness (QED) is 0.727. The minimum absolute atomic E-state index is 0.269. The fourth-order valence-corrected chi connectivity index (χ4v) is 1.73. The first kappa shape index (κ1) is 11.1. The third-order valence-electron chi connectivity index (χ3n) is 2.61. The molecular formula is C12H15NO3. The van der Waals surface area contributed by atoms with Gasteiger partial charge in [-0.1, -0.05) is 0 Å². The fourth-order valence-electron chi connectivity index (χ4n) is 1.73. The highest BCUT2D eigenvalue weighted by Crippen LogP contribution is 2.15. The molecule has 2 heterocycles. The second kappa shape index (κ2) is 5.61. The van der Waals surface area contributed by atoms with E-state index < -0.39 is 0 Å². The van der Waals surface area contributed by atoms with Crippen LogP contribution in [0.2, 0.25) is 0 Å². The monoisotopic (exact) mass is 221 g/mol. The van der Waals surface area contributed by atoms with Gasteiger partial charge in [0.2, 0.25) is 0 Å². The zero-order chi connectivity index (χ0) is 11.2. The van der Waals surface area contributed by atoms with Gasteiger partial charge in [0.1, 0.15) is 0 Å². The van der Waals surface area contributed by atoms with E-state index in [1.54, 1.807) is 24.5 Å². The average molecular weight is 221 g/mol. The molecule has 1 aromatic heterocycles. The molecule has 1 saturated heterocycles. The molecule has 16 heavy (non-hydrogen) atoms. The van der Waals surface area contributed by atoms with Crippen LogP contribution in [0, 0.1) is 0 Å². The van der Waals surface area contributed by atoms with Gasteiger partial charge in [-0.3, -0.25) is 4.98 Å². The minimum atomic E-state index is -0.291. The molecule has 0 amide bonds. The van der Waals surface area contributed by atoms with Crippen molar-refractivity contribution in [3.8, 4) is 0 Å². The van der Waals surface area contributed by atoms with Crippen molar-refractivity contribution in [3.63, 3.8) is 0 Å². The molecule has 1 unspecified atom stereocenters. The number of carbonyl (C=O) groups excluding carboxylic acids is 1. The smallest absolute Gasteiger partial charge is 0.338 e. The molecule has 0 aromatic carbocycles. The lowest BCUT2D eigenvalue weighted by Crippen LogP contribution is -2.12. The molecule has 2 rings (SSSR count). The molecule has 4 nitrogen and oxygen atoms in total. The maximum atomic E-state index is 11.5. The Morgan fingerprint density at radius 1 is 1.50 bits per heavy atom. The first-order chi connectivity index (χ1) is 7.86. The molecule has 0 N–H and O–H groups in total. The van der Waals surface area contributed by atoms with E-state index in [0.717, 1.165) is 25.9 Å². The minimum Gasteiger partial charge on any atom is -0.462 e. The molecule has 1 fully saturated rings. The van der Waals surface area contributed by atoms with E-state index in [4.69, 9.17) is 9.47 Å². The lowest BCUT2D eigenvalue weighted by molar-refractivity contribution is 0.0386. The van der Waals surface area contributed by atoms with Crippen molar-refractivity contribution in [3.05, 3.63) is 30.1 Å². The van der Waals surface area contributed by atoms with Crippen LogP contribution in [-0.2, 0) is 9.47 Å². The van der Waals surface area contributed by atoms with E-state index >= 15 is 0 Å². The summed E-state index contributed by atoms with van der Waals surface area (Å²) < 4.78 is 10.6. The van der Waals surface area contributed by atoms with Crippen LogP contribution in [0.25, 0.3) is 0 Å². The van der Waals surface area contributed by atoms with Gasteiger partial charge in [-0.05, 0) is 25.0 Å². The van der Waals surface area contributed by atoms with Crippen molar-refractivity contribution < 1.29 is 14.3 Å². The van der Waals surface area contributed by atoms with E-state index in [0.29, 0.717) is 12.2 Å². The maximum absolute atomic E-state index is 11.5. The van der Waals surface area contributed by atoms with Gasteiger partial charge in [0, 0.05) is 25.4 Å². The highest BCUT2D eigenvalue weighted by molar-refractivity contribution is 5.89. The van der Waals surface area contributed by atoms with E-state index in [-0.39, 0.29) is 12.1 Å². The number of rotatable bonds is 4. The summed E-state index contributed by atoms with van der Waals surface area (Å²) >= 11 is 0. The SMILES string of the molecule is O=C(OCCC1CCCO1)c1ccncc1. The van der Waals surface area contributed by atoms with Crippen LogP contribution >= 0.6 is 0 Å². The number of hydrogen-bond donors (Lipinski definition) is 0. The second-order valence-corrected chi connectivity index (χ2v) is 3.80. The Morgan fingerprint density at radius 3 is 3.00 bits per heavy atom. The summed E-state index contributed by atoms with van der Waals surface area (Å²) in [7, 11) is 0. The van der Waals surface area contributed by atoms with E-state index in [9.17, 15) is 4.79 Å². The number of esters is 1. The molecule has 0 saturated carbocycles. The molecule has 1 aromatic rings. The number of hydrogen-bond acceptors (Lipinski definition) is 4. The lowest BCUT2D eigenvalue weighted by atomic mass is 10.2. The first-order valence-corrected chi connectivity index (χ1v) is 5.55. The number of carbonyl (C=O) groups is 1. The standard InChI is InChI=1S/C12H15NO3/c14-12(10-3-6-13-7-4-10)16-9-5-11-2-1-8-15-11/h3-4,6-7,11H,1-2,5,8-9H2. The van der Waals surface area contributed by atoms with Crippen molar-refractivity contribution >= 4 is 5.97 Å².